The Morgan fingerprint density at radius 3 is 2.56 bits per heavy atom. The fourth-order valence-corrected chi connectivity index (χ4v) is 5.93. The van der Waals surface area contributed by atoms with Crippen molar-refractivity contribution in [2.24, 2.45) is 0 Å². The monoisotopic (exact) mass is 477 g/mol. The number of rotatable bonds is 5. The maximum absolute atomic E-state index is 13.3. The average molecular weight is 478 g/mol. The Hall–Kier alpha value is -3.27. The Morgan fingerprint density at radius 2 is 1.85 bits per heavy atom. The second-order valence-electron chi connectivity index (χ2n) is 8.78. The molecular formula is C25H27N5O3S. The molecule has 2 aromatic carbocycles. The van der Waals surface area contributed by atoms with Crippen LogP contribution in [0, 0.1) is 13.8 Å². The molecule has 0 aliphatic carbocycles. The number of sulfonamides is 1. The largest absolute Gasteiger partial charge is 0.390 e. The number of nitrogens with zero attached hydrogens (tertiary/aromatic N) is 3. The van der Waals surface area contributed by atoms with E-state index in [0.717, 1.165) is 33.2 Å². The number of aliphatic hydroxyl groups excluding tert-OH is 1. The lowest BCUT2D eigenvalue weighted by molar-refractivity contribution is 0.0949. The molecule has 2 aromatic heterocycles. The van der Waals surface area contributed by atoms with Crippen LogP contribution in [0.5, 0.6) is 0 Å². The summed E-state index contributed by atoms with van der Waals surface area (Å²) in [4.78, 5) is 4.54. The molecule has 1 aliphatic heterocycles. The van der Waals surface area contributed by atoms with Gasteiger partial charge in [-0.25, -0.2) is 13.4 Å². The van der Waals surface area contributed by atoms with Crippen molar-refractivity contribution in [2.75, 3.05) is 18.4 Å². The second kappa shape index (κ2) is 8.83. The third-order valence-electron chi connectivity index (χ3n) is 6.49. The minimum absolute atomic E-state index is 0.0316. The first-order valence-corrected chi connectivity index (χ1v) is 12.7. The summed E-state index contributed by atoms with van der Waals surface area (Å²) < 4.78 is 27.9. The van der Waals surface area contributed by atoms with Crippen molar-refractivity contribution in [1.29, 1.82) is 0 Å². The van der Waals surface area contributed by atoms with E-state index in [-0.39, 0.29) is 17.5 Å². The highest BCUT2D eigenvalue weighted by Gasteiger charge is 2.34. The Labute approximate surface area is 198 Å². The third-order valence-corrected chi connectivity index (χ3v) is 8.37. The fourth-order valence-electron chi connectivity index (χ4n) is 4.46. The summed E-state index contributed by atoms with van der Waals surface area (Å²) in [6.07, 6.45) is 3.20. The number of aromatic amines is 1. The van der Waals surface area contributed by atoms with Crippen molar-refractivity contribution in [3.8, 4) is 11.1 Å². The van der Waals surface area contributed by atoms with Gasteiger partial charge in [0.25, 0.3) is 0 Å². The number of hydrogen-bond acceptors (Lipinski definition) is 6. The minimum atomic E-state index is -3.72. The molecular weight excluding hydrogens is 450 g/mol. The highest BCUT2D eigenvalue weighted by atomic mass is 32.2. The molecule has 8 nitrogen and oxygen atoms in total. The van der Waals surface area contributed by atoms with Crippen LogP contribution in [0.2, 0.25) is 0 Å². The van der Waals surface area contributed by atoms with E-state index in [0.29, 0.717) is 18.8 Å². The van der Waals surface area contributed by atoms with Crippen LogP contribution in [-0.4, -0.2) is 58.2 Å². The van der Waals surface area contributed by atoms with Gasteiger partial charge in [-0.3, -0.25) is 5.10 Å². The number of pyridine rings is 1. The molecule has 176 valence electrons. The summed E-state index contributed by atoms with van der Waals surface area (Å²) in [7, 11) is -3.72. The van der Waals surface area contributed by atoms with Gasteiger partial charge >= 0.3 is 0 Å². The number of H-pyrrole nitrogens is 1. The van der Waals surface area contributed by atoms with Gasteiger partial charge in [0.15, 0.2) is 0 Å². The van der Waals surface area contributed by atoms with Crippen LogP contribution in [0.1, 0.15) is 17.5 Å². The second-order valence-corrected chi connectivity index (χ2v) is 10.7. The van der Waals surface area contributed by atoms with Gasteiger partial charge in [-0.2, -0.15) is 9.40 Å². The van der Waals surface area contributed by atoms with Crippen molar-refractivity contribution in [3.05, 3.63) is 72.1 Å². The van der Waals surface area contributed by atoms with Gasteiger partial charge in [-0.1, -0.05) is 24.3 Å². The van der Waals surface area contributed by atoms with Gasteiger partial charge in [0.2, 0.25) is 10.0 Å². The number of aromatic nitrogens is 3. The summed E-state index contributed by atoms with van der Waals surface area (Å²) in [6, 6.07) is 14.5. The predicted octanol–water partition coefficient (Wildman–Crippen LogP) is 3.48. The highest BCUT2D eigenvalue weighted by molar-refractivity contribution is 7.89. The molecule has 1 aliphatic rings. The van der Waals surface area contributed by atoms with Gasteiger partial charge in [-0.05, 0) is 66.8 Å². The SMILES string of the molecule is Cc1ccc(N[C@@H]2CCN(S(=O)(=O)c3ccc(-c4ccc5[nH]ncc5c4C)cc3)C[C@@H]2O)nc1. The van der Waals surface area contributed by atoms with E-state index >= 15 is 0 Å². The van der Waals surface area contributed by atoms with Crippen LogP contribution < -0.4 is 5.32 Å². The van der Waals surface area contributed by atoms with Gasteiger partial charge in [0, 0.05) is 24.7 Å². The van der Waals surface area contributed by atoms with E-state index in [4.69, 9.17) is 0 Å². The lowest BCUT2D eigenvalue weighted by atomic mass is 9.98. The molecule has 0 unspecified atom stereocenters. The smallest absolute Gasteiger partial charge is 0.243 e. The molecule has 2 atom stereocenters. The number of aryl methyl sites for hydroxylation is 2. The van der Waals surface area contributed by atoms with Crippen LogP contribution in [0.15, 0.2) is 65.8 Å². The Balaban J connectivity index is 1.31. The first-order chi connectivity index (χ1) is 16.3. The molecule has 0 amide bonds. The Morgan fingerprint density at radius 1 is 1.06 bits per heavy atom. The van der Waals surface area contributed by atoms with E-state index in [1.54, 1.807) is 24.5 Å². The van der Waals surface area contributed by atoms with Crippen molar-refractivity contribution >= 4 is 26.7 Å². The minimum Gasteiger partial charge on any atom is -0.390 e. The molecule has 0 spiro atoms. The average Bonchev–Trinajstić information content (AvgIpc) is 3.32. The van der Waals surface area contributed by atoms with E-state index in [9.17, 15) is 13.5 Å². The quantitative estimate of drug-likeness (QED) is 0.406. The number of fused-ring (bicyclic) bond motifs is 1. The summed E-state index contributed by atoms with van der Waals surface area (Å²) in [5.41, 5.74) is 5.07. The predicted molar refractivity (Wildman–Crippen MR) is 132 cm³/mol. The number of β-amino-alcohol motifs (C(OH)–C–C–N with tert-alkyl or cyclic N) is 1. The number of nitrogens with one attached hydrogen (secondary N) is 2. The number of anilines is 1. The van der Waals surface area contributed by atoms with Crippen LogP contribution in [0.4, 0.5) is 5.82 Å². The van der Waals surface area contributed by atoms with Gasteiger partial charge < -0.3 is 10.4 Å². The molecule has 1 saturated heterocycles. The first kappa shape index (κ1) is 22.5. The van der Waals surface area contributed by atoms with E-state index in [1.807, 2.05) is 50.2 Å². The molecule has 0 radical (unpaired) electrons. The molecule has 5 rings (SSSR count). The normalized spacial score (nSPS) is 19.4. The van der Waals surface area contributed by atoms with Crippen LogP contribution in [-0.2, 0) is 10.0 Å². The Kier molecular flexibility index (Phi) is 5.85. The van der Waals surface area contributed by atoms with E-state index in [2.05, 4.69) is 20.5 Å². The highest BCUT2D eigenvalue weighted by Crippen LogP contribution is 2.30. The lowest BCUT2D eigenvalue weighted by Gasteiger charge is -2.35. The molecule has 0 saturated carbocycles. The number of piperidine rings is 1. The van der Waals surface area contributed by atoms with Gasteiger partial charge in [0.05, 0.1) is 28.8 Å². The van der Waals surface area contributed by atoms with Crippen LogP contribution >= 0.6 is 0 Å². The summed E-state index contributed by atoms with van der Waals surface area (Å²) >= 11 is 0. The van der Waals surface area contributed by atoms with Gasteiger partial charge in [-0.15, -0.1) is 0 Å². The zero-order valence-electron chi connectivity index (χ0n) is 19.1. The standard InChI is InChI=1S/C25H27N5O3S/c1-16-3-10-25(26-13-16)28-23-11-12-30(15-24(23)31)34(32,33)19-6-4-18(5-7-19)20-8-9-22-21(17(20)2)14-27-29-22/h3-10,13-14,23-24,31H,11-12,15H2,1-2H3,(H,26,28)(H,27,29)/t23-,24+/m1/s1. The van der Waals surface area contributed by atoms with Gasteiger partial charge in [0.1, 0.15) is 5.82 Å². The lowest BCUT2D eigenvalue weighted by Crippen LogP contribution is -2.51. The zero-order valence-corrected chi connectivity index (χ0v) is 19.9. The molecule has 3 N–H and O–H groups in total. The number of aliphatic hydroxyl groups is 1. The maximum Gasteiger partial charge on any atom is 0.243 e. The first-order valence-electron chi connectivity index (χ1n) is 11.2. The van der Waals surface area contributed by atoms with E-state index < -0.39 is 16.1 Å². The molecule has 3 heterocycles. The molecule has 4 aromatic rings. The van der Waals surface area contributed by atoms with Crippen LogP contribution in [0.3, 0.4) is 0 Å². The summed E-state index contributed by atoms with van der Waals surface area (Å²) in [5.74, 6) is 0.672. The molecule has 9 heteroatoms. The maximum atomic E-state index is 13.3. The number of benzene rings is 2. The molecule has 34 heavy (non-hydrogen) atoms. The van der Waals surface area contributed by atoms with Crippen molar-refractivity contribution in [2.45, 2.75) is 37.3 Å². The van der Waals surface area contributed by atoms with Crippen molar-refractivity contribution < 1.29 is 13.5 Å². The van der Waals surface area contributed by atoms with Crippen LogP contribution in [0.25, 0.3) is 22.0 Å². The fraction of sp³-hybridized carbons (Fsp3) is 0.280. The molecule has 1 fully saturated rings. The Bertz CT molecular complexity index is 1420. The number of hydrogen-bond donors (Lipinski definition) is 3. The zero-order chi connectivity index (χ0) is 23.9. The summed E-state index contributed by atoms with van der Waals surface area (Å²) in [6.45, 7) is 4.34. The van der Waals surface area contributed by atoms with Crippen molar-refractivity contribution in [3.63, 3.8) is 0 Å². The van der Waals surface area contributed by atoms with E-state index in [1.165, 1.54) is 4.31 Å². The third kappa shape index (κ3) is 4.18. The summed E-state index contributed by atoms with van der Waals surface area (Å²) in [5, 5.41) is 22.0. The molecule has 0 bridgehead atoms. The van der Waals surface area contributed by atoms with Crippen molar-refractivity contribution in [1.82, 2.24) is 19.5 Å². The topological polar surface area (TPSA) is 111 Å².